The van der Waals surface area contributed by atoms with E-state index in [1.54, 1.807) is 7.11 Å². The Kier molecular flexibility index (Phi) is 6.52. The fourth-order valence-corrected chi connectivity index (χ4v) is 1.22. The summed E-state index contributed by atoms with van der Waals surface area (Å²) in [6.07, 6.45) is 1.96. The summed E-state index contributed by atoms with van der Waals surface area (Å²) < 4.78 is 5.06. The second-order valence-electron chi connectivity index (χ2n) is 4.50. The third-order valence-electron chi connectivity index (χ3n) is 2.47. The van der Waals surface area contributed by atoms with Crippen LogP contribution in [-0.2, 0) is 9.53 Å². The van der Waals surface area contributed by atoms with Gasteiger partial charge in [-0.25, -0.2) is 0 Å². The second kappa shape index (κ2) is 6.80. The van der Waals surface area contributed by atoms with Crippen LogP contribution < -0.4 is 11.1 Å². The van der Waals surface area contributed by atoms with Crippen LogP contribution in [0.4, 0.5) is 0 Å². The fourth-order valence-electron chi connectivity index (χ4n) is 1.22. The van der Waals surface area contributed by atoms with Crippen LogP contribution in [0.5, 0.6) is 0 Å². The van der Waals surface area contributed by atoms with Gasteiger partial charge in [0.1, 0.15) is 0 Å². The van der Waals surface area contributed by atoms with Crippen molar-refractivity contribution in [3.05, 3.63) is 0 Å². The van der Waals surface area contributed by atoms with Crippen LogP contribution in [0, 0.1) is 5.41 Å². The average Bonchev–Trinajstić information content (AvgIpc) is 2.18. The monoisotopic (exact) mass is 216 g/mol. The van der Waals surface area contributed by atoms with E-state index in [0.717, 1.165) is 12.8 Å². The maximum atomic E-state index is 11.8. The molecule has 1 amide bonds. The Morgan fingerprint density at radius 1 is 1.53 bits per heavy atom. The molecule has 0 aromatic heterocycles. The summed E-state index contributed by atoms with van der Waals surface area (Å²) in [5, 5.41) is 2.97. The first kappa shape index (κ1) is 14.4. The molecule has 4 nitrogen and oxygen atoms in total. The van der Waals surface area contributed by atoms with Gasteiger partial charge in [-0.3, -0.25) is 4.79 Å². The van der Waals surface area contributed by atoms with Gasteiger partial charge in [-0.05, 0) is 20.3 Å². The summed E-state index contributed by atoms with van der Waals surface area (Å²) in [5.74, 6) is 0.000463. The number of nitrogens with one attached hydrogen (secondary N) is 1. The van der Waals surface area contributed by atoms with Crippen molar-refractivity contribution in [2.45, 2.75) is 39.7 Å². The number of hydrogen-bond donors (Lipinski definition) is 2. The Labute approximate surface area is 92.6 Å². The molecule has 0 radical (unpaired) electrons. The average molecular weight is 216 g/mol. The number of ether oxygens (including phenoxy) is 1. The van der Waals surface area contributed by atoms with Gasteiger partial charge in [0.2, 0.25) is 5.91 Å². The second-order valence-corrected chi connectivity index (χ2v) is 4.50. The van der Waals surface area contributed by atoms with Crippen LogP contribution in [0.3, 0.4) is 0 Å². The lowest BCUT2D eigenvalue weighted by atomic mass is 9.92. The van der Waals surface area contributed by atoms with E-state index >= 15 is 0 Å². The van der Waals surface area contributed by atoms with Crippen LogP contribution in [0.2, 0.25) is 0 Å². The van der Waals surface area contributed by atoms with Crippen LogP contribution in [0.1, 0.15) is 33.6 Å². The highest BCUT2D eigenvalue weighted by atomic mass is 16.5. The molecule has 0 rings (SSSR count). The third kappa shape index (κ3) is 5.14. The zero-order chi connectivity index (χ0) is 11.9. The quantitative estimate of drug-likeness (QED) is 0.664. The predicted molar refractivity (Wildman–Crippen MR) is 61.6 cm³/mol. The highest BCUT2D eigenvalue weighted by Gasteiger charge is 2.27. The molecule has 0 heterocycles. The molecule has 0 saturated carbocycles. The first-order valence-electron chi connectivity index (χ1n) is 5.48. The van der Waals surface area contributed by atoms with Crippen molar-refractivity contribution < 1.29 is 9.53 Å². The molecule has 15 heavy (non-hydrogen) atoms. The number of rotatable bonds is 7. The van der Waals surface area contributed by atoms with E-state index < -0.39 is 5.41 Å². The van der Waals surface area contributed by atoms with E-state index in [1.807, 2.05) is 13.8 Å². The van der Waals surface area contributed by atoms with Crippen molar-refractivity contribution in [2.24, 2.45) is 11.1 Å². The zero-order valence-electron chi connectivity index (χ0n) is 10.3. The van der Waals surface area contributed by atoms with Gasteiger partial charge in [0.25, 0.3) is 0 Å². The molecule has 1 unspecified atom stereocenters. The van der Waals surface area contributed by atoms with Gasteiger partial charge in [0.15, 0.2) is 0 Å². The van der Waals surface area contributed by atoms with Gasteiger partial charge < -0.3 is 15.8 Å². The molecule has 0 fully saturated rings. The number of hydrogen-bond acceptors (Lipinski definition) is 3. The third-order valence-corrected chi connectivity index (χ3v) is 2.47. The summed E-state index contributed by atoms with van der Waals surface area (Å²) in [5.41, 5.74) is 5.04. The Balaban J connectivity index is 4.21. The summed E-state index contributed by atoms with van der Waals surface area (Å²) in [6.45, 7) is 6.68. The first-order valence-corrected chi connectivity index (χ1v) is 5.48. The topological polar surface area (TPSA) is 64.3 Å². The number of amides is 1. The molecule has 0 aliphatic carbocycles. The molecule has 4 heteroatoms. The van der Waals surface area contributed by atoms with E-state index in [9.17, 15) is 4.79 Å². The van der Waals surface area contributed by atoms with Gasteiger partial charge in [0.05, 0.1) is 18.1 Å². The zero-order valence-corrected chi connectivity index (χ0v) is 10.3. The molecule has 3 N–H and O–H groups in total. The Morgan fingerprint density at radius 3 is 2.53 bits per heavy atom. The number of carbonyl (C=O) groups is 1. The van der Waals surface area contributed by atoms with Gasteiger partial charge in [0, 0.05) is 13.7 Å². The van der Waals surface area contributed by atoms with Gasteiger partial charge >= 0.3 is 0 Å². The Morgan fingerprint density at radius 2 is 2.13 bits per heavy atom. The lowest BCUT2D eigenvalue weighted by Gasteiger charge is -2.25. The van der Waals surface area contributed by atoms with E-state index in [-0.39, 0.29) is 11.9 Å². The van der Waals surface area contributed by atoms with E-state index in [4.69, 9.17) is 10.5 Å². The largest absolute Gasteiger partial charge is 0.383 e. The summed E-state index contributed by atoms with van der Waals surface area (Å²) >= 11 is 0. The minimum Gasteiger partial charge on any atom is -0.383 e. The van der Waals surface area contributed by atoms with E-state index in [1.165, 1.54) is 0 Å². The molecular weight excluding hydrogens is 192 g/mol. The molecule has 0 aliphatic heterocycles. The van der Waals surface area contributed by atoms with E-state index in [2.05, 4.69) is 12.2 Å². The van der Waals surface area contributed by atoms with Crippen LogP contribution in [-0.4, -0.2) is 32.2 Å². The lowest BCUT2D eigenvalue weighted by molar-refractivity contribution is -0.130. The van der Waals surface area contributed by atoms with Crippen molar-refractivity contribution in [1.29, 1.82) is 0 Å². The van der Waals surface area contributed by atoms with Gasteiger partial charge in [-0.15, -0.1) is 0 Å². The molecule has 0 bridgehead atoms. The number of carbonyl (C=O) groups excluding carboxylic acids is 1. The molecule has 0 spiro atoms. The molecule has 0 aromatic rings. The molecule has 1 atom stereocenters. The molecule has 0 aliphatic rings. The van der Waals surface area contributed by atoms with Gasteiger partial charge in [-0.1, -0.05) is 13.3 Å². The molecule has 90 valence electrons. The highest BCUT2D eigenvalue weighted by Crippen LogP contribution is 2.13. The number of nitrogens with two attached hydrogens (primary N) is 1. The lowest BCUT2D eigenvalue weighted by Crippen LogP contribution is -2.47. The van der Waals surface area contributed by atoms with Crippen LogP contribution in [0.25, 0.3) is 0 Å². The maximum Gasteiger partial charge on any atom is 0.227 e. The minimum absolute atomic E-state index is 0.000463. The van der Waals surface area contributed by atoms with Crippen LogP contribution in [0.15, 0.2) is 0 Å². The van der Waals surface area contributed by atoms with Crippen molar-refractivity contribution in [3.63, 3.8) is 0 Å². The van der Waals surface area contributed by atoms with Crippen molar-refractivity contribution in [1.82, 2.24) is 5.32 Å². The number of methoxy groups -OCH3 is 1. The van der Waals surface area contributed by atoms with Gasteiger partial charge in [-0.2, -0.15) is 0 Å². The van der Waals surface area contributed by atoms with E-state index in [0.29, 0.717) is 13.2 Å². The Bertz CT molecular complexity index is 187. The molecule has 0 saturated heterocycles. The molecule has 0 aromatic carbocycles. The SMILES string of the molecule is CCCC(COC)NC(=O)C(C)(C)CN. The normalized spacial score (nSPS) is 13.7. The van der Waals surface area contributed by atoms with Crippen molar-refractivity contribution in [2.75, 3.05) is 20.3 Å². The maximum absolute atomic E-state index is 11.8. The van der Waals surface area contributed by atoms with Crippen molar-refractivity contribution >= 4 is 5.91 Å². The predicted octanol–water partition coefficient (Wildman–Crippen LogP) is 0.903. The summed E-state index contributed by atoms with van der Waals surface area (Å²) in [4.78, 5) is 11.8. The Hall–Kier alpha value is -0.610. The smallest absolute Gasteiger partial charge is 0.227 e. The van der Waals surface area contributed by atoms with Crippen molar-refractivity contribution in [3.8, 4) is 0 Å². The van der Waals surface area contributed by atoms with Crippen LogP contribution >= 0.6 is 0 Å². The summed E-state index contributed by atoms with van der Waals surface area (Å²) in [6, 6.07) is 0.0957. The standard InChI is InChI=1S/C11H24N2O2/c1-5-6-9(7-15-4)13-10(14)11(2,3)8-12/h9H,5-8,12H2,1-4H3,(H,13,14). The fraction of sp³-hybridized carbons (Fsp3) is 0.909. The minimum atomic E-state index is -0.500. The molecular formula is C11H24N2O2. The highest BCUT2D eigenvalue weighted by molar-refractivity contribution is 5.82. The summed E-state index contributed by atoms with van der Waals surface area (Å²) in [7, 11) is 1.64. The first-order chi connectivity index (χ1) is 6.97.